The van der Waals surface area contributed by atoms with Crippen molar-refractivity contribution >= 4 is 10.1 Å². The van der Waals surface area contributed by atoms with E-state index in [4.69, 9.17) is 8.92 Å². The van der Waals surface area contributed by atoms with Crippen molar-refractivity contribution in [3.63, 3.8) is 0 Å². The number of hydrogen-bond donors (Lipinski definition) is 0. The lowest BCUT2D eigenvalue weighted by Gasteiger charge is -2.44. The highest BCUT2D eigenvalue weighted by atomic mass is 32.2. The van der Waals surface area contributed by atoms with Gasteiger partial charge in [0.25, 0.3) is 10.1 Å². The van der Waals surface area contributed by atoms with E-state index in [1.807, 2.05) is 26.2 Å². The predicted molar refractivity (Wildman–Crippen MR) is 139 cm³/mol. The van der Waals surface area contributed by atoms with Crippen molar-refractivity contribution in [3.05, 3.63) is 53.6 Å². The number of ether oxygens (including phenoxy) is 1. The van der Waals surface area contributed by atoms with Crippen LogP contribution in [0.4, 0.5) is 0 Å². The largest absolute Gasteiger partial charge is 0.376 e. The number of rotatable bonds is 8. The highest BCUT2D eigenvalue weighted by Crippen LogP contribution is 2.69. The van der Waals surface area contributed by atoms with Crippen LogP contribution in [0.3, 0.4) is 0 Å². The minimum atomic E-state index is -3.73. The summed E-state index contributed by atoms with van der Waals surface area (Å²) in [6.45, 7) is 11.2. The molecule has 4 aliphatic carbocycles. The number of benzene rings is 1. The van der Waals surface area contributed by atoms with Crippen LogP contribution in [0.5, 0.6) is 0 Å². The van der Waals surface area contributed by atoms with Crippen LogP contribution in [-0.2, 0) is 19.0 Å². The predicted octanol–water partition coefficient (Wildman–Crippen LogP) is 6.85. The molecule has 0 unspecified atom stereocenters. The molecule has 1 aromatic rings. The van der Waals surface area contributed by atoms with Gasteiger partial charge in [-0.25, -0.2) is 0 Å². The molecular formula is C30H42O4S. The van der Waals surface area contributed by atoms with Crippen LogP contribution < -0.4 is 0 Å². The Balaban J connectivity index is 1.29. The first kappa shape index (κ1) is 25.2. The Kier molecular flexibility index (Phi) is 6.59. The summed E-state index contributed by atoms with van der Waals surface area (Å²) in [5.41, 5.74) is 4.39. The molecular weight excluding hydrogens is 456 g/mol. The molecule has 0 saturated heterocycles. The van der Waals surface area contributed by atoms with E-state index in [-0.39, 0.29) is 34.4 Å². The lowest BCUT2D eigenvalue weighted by atomic mass is 9.61. The van der Waals surface area contributed by atoms with E-state index in [2.05, 4.69) is 26.5 Å². The van der Waals surface area contributed by atoms with E-state index in [0.29, 0.717) is 11.8 Å². The standard InChI is InChI=1S/C30H42O4S/c1-20-8-12-25(13-9-20)35(31,32)34-19-21(2)26-14-15-27-23(7-6-16-29(26,27)4)17-28(33-5)30-18-24(30)11-10-22(30)3/h8-9,12-13,17,21,24,26-28H,3,6-7,10-11,14-16,18-19H2,1-2,4-5H3/b23-17+/t21-,24-,26-,27+,28+,29-,30+/m1/s1. The normalized spacial score (nSPS) is 37.2. The summed E-state index contributed by atoms with van der Waals surface area (Å²) in [6, 6.07) is 6.90. The van der Waals surface area contributed by atoms with Crippen LogP contribution in [-0.4, -0.2) is 28.2 Å². The van der Waals surface area contributed by atoms with Gasteiger partial charge in [0.05, 0.1) is 17.6 Å². The van der Waals surface area contributed by atoms with Crippen molar-refractivity contribution in [2.24, 2.45) is 34.5 Å². The maximum Gasteiger partial charge on any atom is 0.296 e. The molecule has 192 valence electrons. The quantitative estimate of drug-likeness (QED) is 0.290. The molecule has 0 bridgehead atoms. The number of allylic oxidation sites excluding steroid dienone is 1. The molecule has 0 spiro atoms. The molecule has 4 nitrogen and oxygen atoms in total. The van der Waals surface area contributed by atoms with Crippen LogP contribution in [0.2, 0.25) is 0 Å². The molecule has 0 aromatic heterocycles. The zero-order chi connectivity index (χ0) is 25.0. The first-order valence-corrected chi connectivity index (χ1v) is 14.9. The molecule has 0 amide bonds. The van der Waals surface area contributed by atoms with Crippen molar-refractivity contribution < 1.29 is 17.3 Å². The van der Waals surface area contributed by atoms with Gasteiger partial charge in [-0.3, -0.25) is 4.18 Å². The van der Waals surface area contributed by atoms with Crippen molar-refractivity contribution in [1.29, 1.82) is 0 Å². The van der Waals surface area contributed by atoms with Crippen molar-refractivity contribution in [2.75, 3.05) is 13.7 Å². The third-order valence-electron chi connectivity index (χ3n) is 10.3. The second-order valence-corrected chi connectivity index (χ2v) is 13.7. The second kappa shape index (κ2) is 9.15. The average molecular weight is 499 g/mol. The Labute approximate surface area is 212 Å². The van der Waals surface area contributed by atoms with Gasteiger partial charge in [0.15, 0.2) is 0 Å². The molecule has 0 radical (unpaired) electrons. The number of hydrogen-bond acceptors (Lipinski definition) is 4. The van der Waals surface area contributed by atoms with Gasteiger partial charge >= 0.3 is 0 Å². The Morgan fingerprint density at radius 3 is 2.54 bits per heavy atom. The highest BCUT2D eigenvalue weighted by molar-refractivity contribution is 7.86. The van der Waals surface area contributed by atoms with Gasteiger partial charge in [0, 0.05) is 12.5 Å². The van der Waals surface area contributed by atoms with Crippen molar-refractivity contribution in [1.82, 2.24) is 0 Å². The summed E-state index contributed by atoms with van der Waals surface area (Å²) in [5.74, 6) is 1.96. The Morgan fingerprint density at radius 2 is 1.91 bits per heavy atom. The average Bonchev–Trinajstić information content (AvgIpc) is 3.33. The summed E-state index contributed by atoms with van der Waals surface area (Å²) in [6.07, 6.45) is 12.2. The van der Waals surface area contributed by atoms with Gasteiger partial charge in [-0.05, 0) is 99.5 Å². The maximum atomic E-state index is 12.8. The molecule has 5 heteroatoms. The van der Waals surface area contributed by atoms with E-state index in [1.54, 1.807) is 17.7 Å². The zero-order valence-corrected chi connectivity index (χ0v) is 22.7. The lowest BCUT2D eigenvalue weighted by molar-refractivity contribution is 0.0691. The van der Waals surface area contributed by atoms with Crippen molar-refractivity contribution in [3.8, 4) is 0 Å². The van der Waals surface area contributed by atoms with Gasteiger partial charge < -0.3 is 4.74 Å². The lowest BCUT2D eigenvalue weighted by Crippen LogP contribution is -2.38. The van der Waals surface area contributed by atoms with E-state index >= 15 is 0 Å². The highest BCUT2D eigenvalue weighted by Gasteiger charge is 2.63. The first-order chi connectivity index (χ1) is 16.6. The number of aryl methyl sites for hydroxylation is 1. The minimum Gasteiger partial charge on any atom is -0.376 e. The Bertz CT molecular complexity index is 1100. The molecule has 1 aromatic carbocycles. The fraction of sp³-hybridized carbons (Fsp3) is 0.667. The Morgan fingerprint density at radius 1 is 1.17 bits per heavy atom. The molecule has 4 aliphatic rings. The number of methoxy groups -OCH3 is 1. The molecule has 0 aliphatic heterocycles. The van der Waals surface area contributed by atoms with E-state index in [0.717, 1.165) is 30.7 Å². The van der Waals surface area contributed by atoms with Crippen LogP contribution in [0.1, 0.15) is 70.8 Å². The summed E-state index contributed by atoms with van der Waals surface area (Å²) in [5, 5.41) is 0. The molecule has 4 saturated carbocycles. The summed E-state index contributed by atoms with van der Waals surface area (Å²) >= 11 is 0. The van der Waals surface area contributed by atoms with Gasteiger partial charge in [0.2, 0.25) is 0 Å². The van der Waals surface area contributed by atoms with Crippen LogP contribution in [0.25, 0.3) is 0 Å². The summed E-state index contributed by atoms with van der Waals surface area (Å²) < 4.78 is 37.2. The first-order valence-electron chi connectivity index (χ1n) is 13.5. The molecule has 0 N–H and O–H groups in total. The fourth-order valence-electron chi connectivity index (χ4n) is 8.19. The smallest absolute Gasteiger partial charge is 0.296 e. The molecule has 4 fully saturated rings. The maximum absolute atomic E-state index is 12.8. The second-order valence-electron chi connectivity index (χ2n) is 12.1. The molecule has 7 atom stereocenters. The fourth-order valence-corrected chi connectivity index (χ4v) is 9.19. The van der Waals surface area contributed by atoms with Crippen molar-refractivity contribution in [2.45, 2.75) is 83.1 Å². The van der Waals surface area contributed by atoms with E-state index in [9.17, 15) is 8.42 Å². The van der Waals surface area contributed by atoms with Crippen LogP contribution in [0.15, 0.2) is 53.0 Å². The van der Waals surface area contributed by atoms with Crippen LogP contribution >= 0.6 is 0 Å². The molecule has 5 rings (SSSR count). The van der Waals surface area contributed by atoms with Gasteiger partial charge in [-0.15, -0.1) is 0 Å². The van der Waals surface area contributed by atoms with E-state index in [1.165, 1.54) is 37.7 Å². The van der Waals surface area contributed by atoms with E-state index < -0.39 is 10.1 Å². The summed E-state index contributed by atoms with van der Waals surface area (Å²) in [4.78, 5) is 0.241. The van der Waals surface area contributed by atoms with Crippen LogP contribution in [0, 0.1) is 41.4 Å². The zero-order valence-electron chi connectivity index (χ0n) is 21.9. The minimum absolute atomic E-state index is 0.152. The topological polar surface area (TPSA) is 52.6 Å². The third-order valence-corrected chi connectivity index (χ3v) is 11.5. The number of fused-ring (bicyclic) bond motifs is 2. The summed E-state index contributed by atoms with van der Waals surface area (Å²) in [7, 11) is -1.87. The SMILES string of the molecule is C=C1CC[C@@H]2C[C@]12[C@H](/C=C1\CCC[C@]2(C)[C@@H]([C@H](C)COS(=O)(=O)c3ccc(C)cc3)CC[C@@H]12)OC. The molecule has 35 heavy (non-hydrogen) atoms. The molecule has 0 heterocycles. The van der Waals surface area contributed by atoms with Gasteiger partial charge in [0.1, 0.15) is 0 Å². The van der Waals surface area contributed by atoms with Gasteiger partial charge in [-0.1, -0.05) is 55.3 Å². The Hall–Kier alpha value is -1.43. The van der Waals surface area contributed by atoms with Gasteiger partial charge in [-0.2, -0.15) is 8.42 Å². The third kappa shape index (κ3) is 4.26. The monoisotopic (exact) mass is 498 g/mol.